The predicted molar refractivity (Wildman–Crippen MR) is 289 cm³/mol. The van der Waals surface area contributed by atoms with Gasteiger partial charge >= 0.3 is 0 Å². The minimum atomic E-state index is -0.119. The van der Waals surface area contributed by atoms with Crippen LogP contribution in [0.25, 0.3) is 33.0 Å². The molecular formula is C65H71N. The first-order valence-electron chi connectivity index (χ1n) is 24.1. The van der Waals surface area contributed by atoms with E-state index in [0.717, 1.165) is 18.5 Å². The number of anilines is 3. The van der Waals surface area contributed by atoms with Crippen molar-refractivity contribution in [2.75, 3.05) is 4.90 Å². The molecule has 0 aromatic heterocycles. The number of hydrogen-bond donors (Lipinski definition) is 0. The highest BCUT2D eigenvalue weighted by Gasteiger charge is 2.38. The summed E-state index contributed by atoms with van der Waals surface area (Å²) in [4.78, 5) is 2.47. The third-order valence-electron chi connectivity index (χ3n) is 13.6. The van der Waals surface area contributed by atoms with Crippen LogP contribution in [0.1, 0.15) is 118 Å². The molecule has 1 nitrogen and oxygen atoms in total. The third-order valence-corrected chi connectivity index (χ3v) is 13.6. The topological polar surface area (TPSA) is 3.24 Å². The van der Waals surface area contributed by atoms with E-state index in [1.165, 1.54) is 94.5 Å². The molecule has 0 N–H and O–H groups in total. The Labute approximate surface area is 397 Å². The van der Waals surface area contributed by atoms with Crippen LogP contribution in [-0.2, 0) is 17.3 Å². The fourth-order valence-corrected chi connectivity index (χ4v) is 9.30. The molecule has 1 unspecified atom stereocenters. The molecule has 1 aliphatic carbocycles. The predicted octanol–water partition coefficient (Wildman–Crippen LogP) is 18.8. The molecule has 1 aliphatic rings. The number of para-hydroxylation sites is 1. The Bertz CT molecular complexity index is 2900. The molecule has 8 aromatic carbocycles. The Morgan fingerprint density at radius 3 is 1.74 bits per heavy atom. The van der Waals surface area contributed by atoms with Gasteiger partial charge in [0.25, 0.3) is 0 Å². The average molecular weight is 866 g/mol. The van der Waals surface area contributed by atoms with Crippen molar-refractivity contribution in [3.05, 3.63) is 232 Å². The summed E-state index contributed by atoms with van der Waals surface area (Å²) in [5.41, 5.74) is 21.4. The van der Waals surface area contributed by atoms with Gasteiger partial charge in [0, 0.05) is 22.2 Å². The zero-order valence-corrected chi connectivity index (χ0v) is 41.8. The number of rotatable bonds is 8. The fourth-order valence-electron chi connectivity index (χ4n) is 9.30. The van der Waals surface area contributed by atoms with Gasteiger partial charge in [-0.3, -0.25) is 0 Å². The summed E-state index contributed by atoms with van der Waals surface area (Å²) in [6, 6.07) is 62.6. The summed E-state index contributed by atoms with van der Waals surface area (Å²) in [7, 11) is 0. The normalized spacial score (nSPS) is 13.0. The molecule has 1 atom stereocenters. The highest BCUT2D eigenvalue weighted by Crippen LogP contribution is 2.55. The molecule has 9 rings (SSSR count). The second-order valence-corrected chi connectivity index (χ2v) is 20.0. The number of hydrogen-bond acceptors (Lipinski definition) is 1. The Morgan fingerprint density at radius 1 is 0.561 bits per heavy atom. The van der Waals surface area contributed by atoms with Crippen molar-refractivity contribution in [3.63, 3.8) is 0 Å². The van der Waals surface area contributed by atoms with Gasteiger partial charge in [-0.15, -0.1) is 0 Å². The fraction of sp³-hybridized carbons (Fsp3) is 0.262. The van der Waals surface area contributed by atoms with Crippen molar-refractivity contribution in [2.24, 2.45) is 0 Å². The number of nitrogens with zero attached hydrogens (tertiary/aromatic N) is 1. The molecule has 8 aromatic rings. The molecule has 0 radical (unpaired) electrons. The summed E-state index contributed by atoms with van der Waals surface area (Å²) in [6.45, 7) is 26.8. The summed E-state index contributed by atoms with van der Waals surface area (Å²) < 4.78 is 0. The first-order valence-corrected chi connectivity index (χ1v) is 24.1. The molecule has 0 amide bonds. The summed E-state index contributed by atoms with van der Waals surface area (Å²) in [5, 5.41) is 2.58. The van der Waals surface area contributed by atoms with E-state index in [1.807, 2.05) is 0 Å². The first kappa shape index (κ1) is 47.5. The Kier molecular flexibility index (Phi) is 14.7. The lowest BCUT2D eigenvalue weighted by Gasteiger charge is -2.30. The second kappa shape index (κ2) is 20.4. The second-order valence-electron chi connectivity index (χ2n) is 20.0. The maximum atomic E-state index is 2.49. The Morgan fingerprint density at radius 2 is 1.14 bits per heavy atom. The SMILES string of the molecule is C/C=C/Cc1ccccc1-c1ccc(N(c2ccccc2)c2cc3c(c4ccccc24)-c2ccc(C(C)CC)cc2C3(C)C)cc1C.Cc1ccc(C(C)(C)C)cc1.Cc1ccc(C)cc1. The number of fused-ring (bicyclic) bond motifs is 5. The van der Waals surface area contributed by atoms with Gasteiger partial charge in [-0.2, -0.15) is 0 Å². The minimum Gasteiger partial charge on any atom is -0.310 e. The standard InChI is InChI=1S/C46H45N.C11H16.C8H10/c1-7-9-17-33-18-13-14-21-38(33)37-27-25-36(28-32(37)4)47(35-19-11-10-12-20-35)44-30-43-45(40-23-16-15-22-39(40)44)41-26-24-34(31(3)8-2)29-42(41)46(43,5)6;1-9-5-7-10(8-6-9)11(2,3)4;1-7-3-5-8(2)6-4-7/h7,9-16,18-31H,8,17H2,1-6H3;5-8H,1-4H3;3-6H,1-2H3/b9-7+;;. The van der Waals surface area contributed by atoms with Gasteiger partial charge in [-0.1, -0.05) is 217 Å². The zero-order chi connectivity index (χ0) is 47.2. The molecule has 336 valence electrons. The monoisotopic (exact) mass is 866 g/mol. The van der Waals surface area contributed by atoms with E-state index < -0.39 is 0 Å². The molecule has 1 heteroatoms. The maximum absolute atomic E-state index is 2.49. The van der Waals surface area contributed by atoms with E-state index in [9.17, 15) is 0 Å². The molecular weight excluding hydrogens is 795 g/mol. The molecule has 0 saturated carbocycles. The molecule has 0 aliphatic heterocycles. The van der Waals surface area contributed by atoms with Crippen LogP contribution in [0, 0.1) is 27.7 Å². The zero-order valence-electron chi connectivity index (χ0n) is 41.8. The Hall–Kier alpha value is -6.44. The largest absolute Gasteiger partial charge is 0.310 e. The lowest BCUT2D eigenvalue weighted by molar-refractivity contribution is 0.590. The van der Waals surface area contributed by atoms with Crippen molar-refractivity contribution < 1.29 is 0 Å². The number of aryl methyl sites for hydroxylation is 4. The van der Waals surface area contributed by atoms with Crippen LogP contribution < -0.4 is 4.90 Å². The van der Waals surface area contributed by atoms with E-state index in [1.54, 1.807) is 0 Å². The van der Waals surface area contributed by atoms with E-state index in [-0.39, 0.29) is 10.8 Å². The van der Waals surface area contributed by atoms with Crippen LogP contribution >= 0.6 is 0 Å². The van der Waals surface area contributed by atoms with Crippen LogP contribution in [0.5, 0.6) is 0 Å². The van der Waals surface area contributed by atoms with E-state index in [2.05, 4.69) is 270 Å². The summed E-state index contributed by atoms with van der Waals surface area (Å²) in [6.07, 6.45) is 6.45. The van der Waals surface area contributed by atoms with Crippen LogP contribution in [0.15, 0.2) is 182 Å². The average Bonchev–Trinajstić information content (AvgIpc) is 3.55. The molecule has 0 fully saturated rings. The van der Waals surface area contributed by atoms with Gasteiger partial charge in [0.1, 0.15) is 0 Å². The van der Waals surface area contributed by atoms with Crippen molar-refractivity contribution >= 4 is 27.8 Å². The first-order chi connectivity index (χ1) is 31.6. The summed E-state index contributed by atoms with van der Waals surface area (Å²) >= 11 is 0. The Balaban J connectivity index is 0.000000281. The number of allylic oxidation sites excluding steroid dienone is 2. The molecule has 0 saturated heterocycles. The van der Waals surface area contributed by atoms with E-state index in [0.29, 0.717) is 5.92 Å². The van der Waals surface area contributed by atoms with Crippen LogP contribution in [0.3, 0.4) is 0 Å². The highest BCUT2D eigenvalue weighted by molar-refractivity contribution is 6.10. The quantitative estimate of drug-likeness (QED) is 0.138. The van der Waals surface area contributed by atoms with Gasteiger partial charge in [0.05, 0.1) is 5.69 Å². The van der Waals surface area contributed by atoms with Crippen molar-refractivity contribution in [2.45, 2.75) is 113 Å². The lowest BCUT2D eigenvalue weighted by Crippen LogP contribution is -2.17. The maximum Gasteiger partial charge on any atom is 0.0543 e. The molecule has 0 spiro atoms. The van der Waals surface area contributed by atoms with Gasteiger partial charge < -0.3 is 4.90 Å². The van der Waals surface area contributed by atoms with Gasteiger partial charge in [-0.25, -0.2) is 0 Å². The minimum absolute atomic E-state index is 0.119. The highest BCUT2D eigenvalue weighted by atomic mass is 15.1. The van der Waals surface area contributed by atoms with Gasteiger partial charge in [0.2, 0.25) is 0 Å². The van der Waals surface area contributed by atoms with Crippen molar-refractivity contribution in [3.8, 4) is 22.3 Å². The smallest absolute Gasteiger partial charge is 0.0543 e. The molecule has 66 heavy (non-hydrogen) atoms. The van der Waals surface area contributed by atoms with Gasteiger partial charge in [-0.05, 0) is 150 Å². The molecule has 0 bridgehead atoms. The van der Waals surface area contributed by atoms with E-state index in [4.69, 9.17) is 0 Å². The third kappa shape index (κ3) is 10.3. The van der Waals surface area contributed by atoms with Crippen LogP contribution in [0.4, 0.5) is 17.1 Å². The number of benzene rings is 8. The van der Waals surface area contributed by atoms with Gasteiger partial charge in [0.15, 0.2) is 0 Å². The van der Waals surface area contributed by atoms with Crippen molar-refractivity contribution in [1.82, 2.24) is 0 Å². The molecule has 0 heterocycles. The summed E-state index contributed by atoms with van der Waals surface area (Å²) in [5.74, 6) is 0.543. The van der Waals surface area contributed by atoms with Crippen LogP contribution in [0.2, 0.25) is 0 Å². The van der Waals surface area contributed by atoms with Crippen molar-refractivity contribution in [1.29, 1.82) is 0 Å². The van der Waals surface area contributed by atoms with E-state index >= 15 is 0 Å². The van der Waals surface area contributed by atoms with Crippen LogP contribution in [-0.4, -0.2) is 0 Å². The lowest BCUT2D eigenvalue weighted by atomic mass is 9.80.